The Morgan fingerprint density at radius 1 is 1.05 bits per heavy atom. The molecule has 3 rings (SSSR count). The molecule has 0 spiro atoms. The number of ketones is 1. The molecule has 0 bridgehead atoms. The Labute approximate surface area is 129 Å². The van der Waals surface area contributed by atoms with E-state index >= 15 is 0 Å². The maximum Gasteiger partial charge on any atom is 0.225 e. The second-order valence-corrected chi connectivity index (χ2v) is 5.52. The average Bonchev–Trinajstić information content (AvgIpc) is 2.86. The number of hydrogen-bond donors (Lipinski definition) is 1. The molecule has 22 heavy (non-hydrogen) atoms. The number of hydrogen-bond acceptors (Lipinski definition) is 3. The van der Waals surface area contributed by atoms with Gasteiger partial charge in [-0.25, -0.2) is 0 Å². The molecule has 112 valence electrons. The van der Waals surface area contributed by atoms with Crippen molar-refractivity contribution in [1.29, 1.82) is 0 Å². The molecule has 4 heteroatoms. The number of nitrogens with zero attached hydrogens (tertiary/aromatic N) is 1. The van der Waals surface area contributed by atoms with Crippen LogP contribution in [0.3, 0.4) is 0 Å². The van der Waals surface area contributed by atoms with Crippen LogP contribution >= 0.6 is 0 Å². The van der Waals surface area contributed by atoms with E-state index in [0.29, 0.717) is 24.2 Å². The minimum absolute atomic E-state index is 0.0141. The summed E-state index contributed by atoms with van der Waals surface area (Å²) in [6, 6.07) is 16.4. The van der Waals surface area contributed by atoms with Crippen LogP contribution in [-0.4, -0.2) is 34.3 Å². The van der Waals surface area contributed by atoms with Crippen LogP contribution in [-0.2, 0) is 11.3 Å². The smallest absolute Gasteiger partial charge is 0.225 e. The Kier molecular flexibility index (Phi) is 4.02. The number of aliphatic hydroxyl groups is 1. The number of rotatable bonds is 4. The van der Waals surface area contributed by atoms with Crippen LogP contribution in [0, 0.1) is 0 Å². The van der Waals surface area contributed by atoms with Crippen molar-refractivity contribution in [3.05, 3.63) is 71.3 Å². The molecule has 2 aromatic carbocycles. The van der Waals surface area contributed by atoms with Gasteiger partial charge in [0.2, 0.25) is 5.91 Å². The lowest BCUT2D eigenvalue weighted by atomic mass is 10.0. The number of β-amino-alcohol motifs (C(OH)–C–C–N with tert-alkyl or cyclic N) is 1. The van der Waals surface area contributed by atoms with Crippen LogP contribution in [0.25, 0.3) is 0 Å². The van der Waals surface area contributed by atoms with Crippen molar-refractivity contribution in [2.75, 3.05) is 6.54 Å². The zero-order valence-corrected chi connectivity index (χ0v) is 12.1. The highest BCUT2D eigenvalue weighted by Gasteiger charge is 2.27. The van der Waals surface area contributed by atoms with Gasteiger partial charge < -0.3 is 10.0 Å². The number of amides is 1. The van der Waals surface area contributed by atoms with Gasteiger partial charge in [0, 0.05) is 24.2 Å². The van der Waals surface area contributed by atoms with Crippen molar-refractivity contribution in [2.24, 2.45) is 0 Å². The molecule has 1 fully saturated rings. The first-order valence-corrected chi connectivity index (χ1v) is 7.28. The van der Waals surface area contributed by atoms with Gasteiger partial charge in [-0.3, -0.25) is 9.59 Å². The van der Waals surface area contributed by atoms with Crippen LogP contribution in [0.15, 0.2) is 54.6 Å². The van der Waals surface area contributed by atoms with Gasteiger partial charge in [0.05, 0.1) is 12.5 Å². The van der Waals surface area contributed by atoms with Gasteiger partial charge in [0.1, 0.15) is 0 Å². The fraction of sp³-hybridized carbons (Fsp3) is 0.222. The van der Waals surface area contributed by atoms with Crippen LogP contribution in [0.4, 0.5) is 0 Å². The molecule has 0 aliphatic carbocycles. The third-order valence-electron chi connectivity index (χ3n) is 3.82. The molecule has 0 radical (unpaired) electrons. The molecule has 1 heterocycles. The quantitative estimate of drug-likeness (QED) is 0.878. The highest BCUT2D eigenvalue weighted by atomic mass is 16.3. The van der Waals surface area contributed by atoms with E-state index < -0.39 is 6.10 Å². The SMILES string of the molecule is O=C(c1ccccc1)c1ccc(CN2CC(O)CC2=O)cc1. The van der Waals surface area contributed by atoms with Gasteiger partial charge in [-0.05, 0) is 5.56 Å². The molecule has 4 nitrogen and oxygen atoms in total. The second-order valence-electron chi connectivity index (χ2n) is 5.52. The zero-order valence-electron chi connectivity index (χ0n) is 12.1. The zero-order chi connectivity index (χ0) is 15.5. The molecular weight excluding hydrogens is 278 g/mol. The highest BCUT2D eigenvalue weighted by Crippen LogP contribution is 2.16. The normalized spacial score (nSPS) is 17.8. The summed E-state index contributed by atoms with van der Waals surface area (Å²) in [7, 11) is 0. The van der Waals surface area contributed by atoms with Gasteiger partial charge in [-0.2, -0.15) is 0 Å². The third kappa shape index (κ3) is 3.07. The van der Waals surface area contributed by atoms with Gasteiger partial charge in [-0.15, -0.1) is 0 Å². The molecule has 0 saturated carbocycles. The van der Waals surface area contributed by atoms with E-state index in [4.69, 9.17) is 0 Å². The summed E-state index contributed by atoms with van der Waals surface area (Å²) >= 11 is 0. The molecule has 1 N–H and O–H groups in total. The largest absolute Gasteiger partial charge is 0.391 e. The highest BCUT2D eigenvalue weighted by molar-refractivity contribution is 6.08. The summed E-state index contributed by atoms with van der Waals surface area (Å²) in [5.41, 5.74) is 2.24. The van der Waals surface area contributed by atoms with Gasteiger partial charge in [0.15, 0.2) is 5.78 Å². The van der Waals surface area contributed by atoms with Gasteiger partial charge >= 0.3 is 0 Å². The van der Waals surface area contributed by atoms with Crippen molar-refractivity contribution < 1.29 is 14.7 Å². The first-order chi connectivity index (χ1) is 10.6. The summed E-state index contributed by atoms with van der Waals surface area (Å²) in [5, 5.41) is 9.48. The lowest BCUT2D eigenvalue weighted by molar-refractivity contribution is -0.128. The number of aliphatic hydroxyl groups excluding tert-OH is 1. The molecule has 1 unspecified atom stereocenters. The average molecular weight is 295 g/mol. The van der Waals surface area contributed by atoms with Crippen LogP contribution in [0.5, 0.6) is 0 Å². The Hall–Kier alpha value is -2.46. The van der Waals surface area contributed by atoms with E-state index in [2.05, 4.69) is 0 Å². The molecule has 0 aromatic heterocycles. The van der Waals surface area contributed by atoms with Crippen LogP contribution in [0.1, 0.15) is 27.9 Å². The van der Waals surface area contributed by atoms with Crippen LogP contribution < -0.4 is 0 Å². The number of likely N-dealkylation sites (tertiary alicyclic amines) is 1. The van der Waals surface area contributed by atoms with E-state index in [1.165, 1.54) is 0 Å². The fourth-order valence-corrected chi connectivity index (χ4v) is 2.64. The summed E-state index contributed by atoms with van der Waals surface area (Å²) in [6.07, 6.45) is -0.365. The third-order valence-corrected chi connectivity index (χ3v) is 3.82. The maximum absolute atomic E-state index is 12.3. The Balaban J connectivity index is 1.71. The minimum atomic E-state index is -0.563. The molecule has 1 amide bonds. The molecule has 1 atom stereocenters. The topological polar surface area (TPSA) is 57.6 Å². The Bertz CT molecular complexity index is 679. The predicted molar refractivity (Wildman–Crippen MR) is 82.4 cm³/mol. The molecule has 1 aliphatic rings. The van der Waals surface area contributed by atoms with E-state index in [9.17, 15) is 14.7 Å². The van der Waals surface area contributed by atoms with Crippen molar-refractivity contribution in [3.63, 3.8) is 0 Å². The Morgan fingerprint density at radius 2 is 1.68 bits per heavy atom. The van der Waals surface area contributed by atoms with Crippen LogP contribution in [0.2, 0.25) is 0 Å². The number of carbonyl (C=O) groups is 2. The van der Waals surface area contributed by atoms with Crippen molar-refractivity contribution in [2.45, 2.75) is 19.1 Å². The first kappa shape index (κ1) is 14.5. The number of carbonyl (C=O) groups excluding carboxylic acids is 2. The monoisotopic (exact) mass is 295 g/mol. The van der Waals surface area contributed by atoms with Gasteiger partial charge in [0.25, 0.3) is 0 Å². The van der Waals surface area contributed by atoms with E-state index in [0.717, 1.165) is 5.56 Å². The molecule has 2 aromatic rings. The fourth-order valence-electron chi connectivity index (χ4n) is 2.64. The Morgan fingerprint density at radius 3 is 2.27 bits per heavy atom. The lowest BCUT2D eigenvalue weighted by Gasteiger charge is -2.15. The standard InChI is InChI=1S/C18H17NO3/c20-16-10-17(21)19(12-16)11-13-6-8-15(9-7-13)18(22)14-4-2-1-3-5-14/h1-9,16,20H,10-12H2. The first-order valence-electron chi connectivity index (χ1n) is 7.28. The maximum atomic E-state index is 12.3. The lowest BCUT2D eigenvalue weighted by Crippen LogP contribution is -2.25. The summed E-state index contributed by atoms with van der Waals surface area (Å²) < 4.78 is 0. The summed E-state index contributed by atoms with van der Waals surface area (Å²) in [4.78, 5) is 25.6. The van der Waals surface area contributed by atoms with E-state index in [-0.39, 0.29) is 18.1 Å². The van der Waals surface area contributed by atoms with E-state index in [1.54, 1.807) is 29.2 Å². The van der Waals surface area contributed by atoms with Crippen molar-refractivity contribution in [3.8, 4) is 0 Å². The van der Waals surface area contributed by atoms with Gasteiger partial charge in [-0.1, -0.05) is 54.6 Å². The van der Waals surface area contributed by atoms with E-state index in [1.807, 2.05) is 30.3 Å². The minimum Gasteiger partial charge on any atom is -0.391 e. The molecule has 1 aliphatic heterocycles. The number of benzene rings is 2. The predicted octanol–water partition coefficient (Wildman–Crippen LogP) is 2.01. The summed E-state index contributed by atoms with van der Waals surface area (Å²) in [6.45, 7) is 0.846. The van der Waals surface area contributed by atoms with Crippen molar-refractivity contribution in [1.82, 2.24) is 4.90 Å². The van der Waals surface area contributed by atoms with Crippen molar-refractivity contribution >= 4 is 11.7 Å². The summed E-state index contributed by atoms with van der Waals surface area (Å²) in [5.74, 6) is -0.0447. The molecule has 1 saturated heterocycles. The molecular formula is C18H17NO3. The second kappa shape index (κ2) is 6.12.